The van der Waals surface area contributed by atoms with Gasteiger partial charge in [0.15, 0.2) is 5.76 Å². The summed E-state index contributed by atoms with van der Waals surface area (Å²) >= 11 is 1.31. The fraction of sp³-hybridized carbons (Fsp3) is 0.222. The normalized spacial score (nSPS) is 10.8. The van der Waals surface area contributed by atoms with Crippen molar-refractivity contribution in [3.63, 3.8) is 0 Å². The van der Waals surface area contributed by atoms with E-state index >= 15 is 0 Å². The topological polar surface area (TPSA) is 58.4 Å². The van der Waals surface area contributed by atoms with Gasteiger partial charge in [-0.25, -0.2) is 0 Å². The number of amides is 1. The molecule has 0 fully saturated rings. The maximum Gasteiger partial charge on any atom is 0.296 e. The predicted molar refractivity (Wildman–Crippen MR) is 98.3 cm³/mol. The Morgan fingerprint density at radius 3 is 2.88 bits per heavy atom. The van der Waals surface area contributed by atoms with Crippen LogP contribution in [0.4, 0.5) is 5.69 Å². The van der Waals surface area contributed by atoms with Crippen molar-refractivity contribution in [3.8, 4) is 0 Å². The van der Waals surface area contributed by atoms with Gasteiger partial charge in [-0.15, -0.1) is 0 Å². The number of rotatable bonds is 5. The summed E-state index contributed by atoms with van der Waals surface area (Å²) < 4.78 is 8.49. The van der Waals surface area contributed by atoms with E-state index in [0.29, 0.717) is 17.1 Å². The maximum absolute atomic E-state index is 12.3. The Morgan fingerprint density at radius 2 is 2.12 bits per heavy atom. The highest BCUT2D eigenvalue weighted by Crippen LogP contribution is 2.24. The number of anilines is 1. The molecule has 24 heavy (non-hydrogen) atoms. The van der Waals surface area contributed by atoms with Crippen LogP contribution in [0.2, 0.25) is 0 Å². The van der Waals surface area contributed by atoms with E-state index in [-0.39, 0.29) is 5.91 Å². The second-order valence-corrected chi connectivity index (χ2v) is 6.50. The number of aromatic nitrogens is 1. The summed E-state index contributed by atoms with van der Waals surface area (Å²) in [5, 5.41) is 0.913. The summed E-state index contributed by atoms with van der Waals surface area (Å²) in [7, 11) is 3.93. The van der Waals surface area contributed by atoms with Crippen LogP contribution in [0.5, 0.6) is 0 Å². The van der Waals surface area contributed by atoms with Crippen LogP contribution >= 0.6 is 11.9 Å². The van der Waals surface area contributed by atoms with Gasteiger partial charge in [-0.3, -0.25) is 14.5 Å². The Labute approximate surface area is 145 Å². The molecular formula is C18H19N3O2S. The number of hydrogen-bond acceptors (Lipinski definition) is 5. The minimum absolute atomic E-state index is 0.240. The van der Waals surface area contributed by atoms with Crippen LogP contribution < -0.4 is 9.62 Å². The Balaban J connectivity index is 1.66. The van der Waals surface area contributed by atoms with E-state index < -0.39 is 0 Å². The quantitative estimate of drug-likeness (QED) is 0.716. The summed E-state index contributed by atoms with van der Waals surface area (Å²) in [5.41, 5.74) is 3.81. The van der Waals surface area contributed by atoms with Gasteiger partial charge < -0.3 is 9.32 Å². The minimum Gasteiger partial charge on any atom is -0.451 e. The molecular weight excluding hydrogens is 322 g/mol. The molecule has 0 unspecified atom stereocenters. The van der Waals surface area contributed by atoms with E-state index in [1.807, 2.05) is 56.3 Å². The van der Waals surface area contributed by atoms with Crippen molar-refractivity contribution in [1.82, 2.24) is 9.71 Å². The Morgan fingerprint density at radius 1 is 1.29 bits per heavy atom. The average Bonchev–Trinajstić information content (AvgIpc) is 2.99. The zero-order chi connectivity index (χ0) is 17.1. The second-order valence-electron chi connectivity index (χ2n) is 5.71. The van der Waals surface area contributed by atoms with Crippen molar-refractivity contribution in [2.45, 2.75) is 12.7 Å². The molecule has 1 N–H and O–H groups in total. The van der Waals surface area contributed by atoms with Gasteiger partial charge in [-0.05, 0) is 48.7 Å². The van der Waals surface area contributed by atoms with Gasteiger partial charge in [0.2, 0.25) is 0 Å². The number of fused-ring (bicyclic) bond motifs is 1. The Bertz CT molecular complexity index is 874. The molecule has 0 aliphatic rings. The van der Waals surface area contributed by atoms with Gasteiger partial charge in [0.1, 0.15) is 5.58 Å². The first kappa shape index (κ1) is 16.4. The van der Waals surface area contributed by atoms with Crippen molar-refractivity contribution in [3.05, 3.63) is 59.6 Å². The summed E-state index contributed by atoms with van der Waals surface area (Å²) in [6, 6.07) is 11.5. The molecule has 3 rings (SSSR count). The number of nitrogens with one attached hydrogen (secondary N) is 1. The van der Waals surface area contributed by atoms with Gasteiger partial charge in [-0.1, -0.05) is 6.07 Å². The number of carbonyl (C=O) groups is 1. The van der Waals surface area contributed by atoms with Gasteiger partial charge >= 0.3 is 0 Å². The van der Waals surface area contributed by atoms with Crippen molar-refractivity contribution in [2.24, 2.45) is 0 Å². The van der Waals surface area contributed by atoms with Gasteiger partial charge in [0, 0.05) is 37.4 Å². The molecule has 1 aromatic carbocycles. The summed E-state index contributed by atoms with van der Waals surface area (Å²) in [6.45, 7) is 2.01. The van der Waals surface area contributed by atoms with Crippen molar-refractivity contribution in [2.75, 3.05) is 19.0 Å². The molecule has 0 spiro atoms. The zero-order valence-corrected chi connectivity index (χ0v) is 14.7. The number of benzene rings is 1. The highest BCUT2D eigenvalue weighted by Gasteiger charge is 2.13. The SMILES string of the molecule is Cc1cccnc1CSNC(=O)c1cc2ccc(N(C)C)cc2o1. The first-order valence-corrected chi connectivity index (χ1v) is 8.56. The van der Waals surface area contributed by atoms with Gasteiger partial charge in [0.25, 0.3) is 5.91 Å². The Hall–Kier alpha value is -2.47. The van der Waals surface area contributed by atoms with Gasteiger partial charge in [0.05, 0.1) is 11.4 Å². The first-order valence-electron chi connectivity index (χ1n) is 7.58. The Kier molecular flexibility index (Phi) is 4.76. The third kappa shape index (κ3) is 3.54. The van der Waals surface area contributed by atoms with Crippen LogP contribution in [0.3, 0.4) is 0 Å². The summed E-state index contributed by atoms with van der Waals surface area (Å²) in [6.07, 6.45) is 1.76. The monoisotopic (exact) mass is 341 g/mol. The molecule has 6 heteroatoms. The number of pyridine rings is 1. The standard InChI is InChI=1S/C18H19N3O2S/c1-12-5-4-8-19-15(12)11-24-20-18(22)17-9-13-6-7-14(21(2)3)10-16(13)23-17/h4-10H,11H2,1-3H3,(H,20,22). The molecule has 0 bridgehead atoms. The lowest BCUT2D eigenvalue weighted by Crippen LogP contribution is -2.15. The van der Waals surface area contributed by atoms with Crippen LogP contribution in [-0.2, 0) is 5.75 Å². The van der Waals surface area contributed by atoms with E-state index in [1.54, 1.807) is 12.3 Å². The smallest absolute Gasteiger partial charge is 0.296 e. The largest absolute Gasteiger partial charge is 0.451 e. The van der Waals surface area contributed by atoms with E-state index in [1.165, 1.54) is 11.9 Å². The molecule has 2 aromatic heterocycles. The highest BCUT2D eigenvalue weighted by atomic mass is 32.2. The molecule has 5 nitrogen and oxygen atoms in total. The van der Waals surface area contributed by atoms with E-state index in [2.05, 4.69) is 9.71 Å². The number of carbonyl (C=O) groups excluding carboxylic acids is 1. The van der Waals surface area contributed by atoms with Crippen LogP contribution in [0.1, 0.15) is 21.8 Å². The lowest BCUT2D eigenvalue weighted by Gasteiger charge is -2.11. The lowest BCUT2D eigenvalue weighted by atomic mass is 10.2. The molecule has 0 atom stereocenters. The molecule has 1 amide bonds. The third-order valence-electron chi connectivity index (χ3n) is 3.74. The zero-order valence-electron chi connectivity index (χ0n) is 13.9. The fourth-order valence-electron chi connectivity index (χ4n) is 2.30. The number of furan rings is 1. The van der Waals surface area contributed by atoms with Crippen LogP contribution in [-0.4, -0.2) is 25.0 Å². The summed E-state index contributed by atoms with van der Waals surface area (Å²) in [5.74, 6) is 0.686. The molecule has 0 radical (unpaired) electrons. The van der Waals surface area contributed by atoms with Crippen LogP contribution in [0, 0.1) is 6.92 Å². The lowest BCUT2D eigenvalue weighted by molar-refractivity contribution is 0.0959. The molecule has 124 valence electrons. The first-order chi connectivity index (χ1) is 11.5. The van der Waals surface area contributed by atoms with E-state index in [4.69, 9.17) is 4.42 Å². The van der Waals surface area contributed by atoms with Gasteiger partial charge in [-0.2, -0.15) is 0 Å². The molecule has 0 saturated heterocycles. The number of aryl methyl sites for hydroxylation is 1. The maximum atomic E-state index is 12.3. The molecule has 3 aromatic rings. The number of nitrogens with zero attached hydrogens (tertiary/aromatic N) is 2. The predicted octanol–water partition coefficient (Wildman–Crippen LogP) is 3.78. The minimum atomic E-state index is -0.240. The van der Waals surface area contributed by atoms with E-state index in [9.17, 15) is 4.79 Å². The molecule has 2 heterocycles. The third-order valence-corrected chi connectivity index (χ3v) is 4.48. The van der Waals surface area contributed by atoms with Crippen molar-refractivity contribution >= 4 is 34.5 Å². The molecule has 0 aliphatic carbocycles. The molecule has 0 saturated carbocycles. The fourth-order valence-corrected chi connectivity index (χ4v) is 3.04. The van der Waals surface area contributed by atoms with Crippen LogP contribution in [0.25, 0.3) is 11.0 Å². The number of hydrogen-bond donors (Lipinski definition) is 1. The highest BCUT2D eigenvalue weighted by molar-refractivity contribution is 7.97. The summed E-state index contributed by atoms with van der Waals surface area (Å²) in [4.78, 5) is 18.6. The second kappa shape index (κ2) is 6.97. The van der Waals surface area contributed by atoms with E-state index in [0.717, 1.165) is 22.3 Å². The van der Waals surface area contributed by atoms with Crippen molar-refractivity contribution < 1.29 is 9.21 Å². The molecule has 0 aliphatic heterocycles. The van der Waals surface area contributed by atoms with Crippen molar-refractivity contribution in [1.29, 1.82) is 0 Å². The average molecular weight is 341 g/mol. The van der Waals surface area contributed by atoms with Crippen LogP contribution in [0.15, 0.2) is 47.0 Å².